The Hall–Kier alpha value is -2.55. The van der Waals surface area contributed by atoms with E-state index in [1.54, 1.807) is 6.07 Å². The van der Waals surface area contributed by atoms with Gasteiger partial charge in [0.2, 0.25) is 0 Å². The van der Waals surface area contributed by atoms with Crippen molar-refractivity contribution in [3.8, 4) is 5.75 Å². The average Bonchev–Trinajstić information content (AvgIpc) is 2.71. The fourth-order valence-corrected chi connectivity index (χ4v) is 4.42. The molecule has 0 bridgehead atoms. The molecule has 0 aliphatic carbocycles. The first-order chi connectivity index (χ1) is 14.6. The van der Waals surface area contributed by atoms with Gasteiger partial charge in [-0.1, -0.05) is 0 Å². The third-order valence-electron chi connectivity index (χ3n) is 6.08. The fraction of sp³-hybridized carbons (Fsp3) is 0.682. The molecule has 2 fully saturated rings. The Balaban J connectivity index is 1.41. The third kappa shape index (κ3) is 6.46. The van der Waals surface area contributed by atoms with E-state index in [9.17, 15) is 20.0 Å². The lowest BCUT2D eigenvalue weighted by Gasteiger charge is -2.42. The second-order valence-corrected chi connectivity index (χ2v) is 9.51. The highest BCUT2D eigenvalue weighted by atomic mass is 16.6. The molecule has 0 radical (unpaired) electrons. The number of nitrogens with one attached hydrogen (secondary N) is 1. The molecule has 1 aromatic rings. The van der Waals surface area contributed by atoms with Gasteiger partial charge in [0.1, 0.15) is 5.60 Å². The monoisotopic (exact) mass is 434 g/mol. The number of rotatable bonds is 5. The molecule has 0 unspecified atom stereocenters. The Morgan fingerprint density at radius 3 is 2.39 bits per heavy atom. The molecule has 9 heteroatoms. The van der Waals surface area contributed by atoms with Crippen LogP contribution in [0, 0.1) is 16.0 Å². The normalized spacial score (nSPS) is 19.3. The number of nitrogens with zero attached hydrogens (tertiary/aromatic N) is 3. The molecule has 0 saturated carbocycles. The van der Waals surface area contributed by atoms with E-state index in [-0.39, 0.29) is 17.5 Å². The maximum absolute atomic E-state index is 11.8. The summed E-state index contributed by atoms with van der Waals surface area (Å²) in [6.07, 6.45) is 3.83. The van der Waals surface area contributed by atoms with Gasteiger partial charge in [0.25, 0.3) is 0 Å². The summed E-state index contributed by atoms with van der Waals surface area (Å²) < 4.78 is 5.30. The largest absolute Gasteiger partial charge is 0.502 e. The van der Waals surface area contributed by atoms with Crippen LogP contribution in [0.4, 0.5) is 16.2 Å². The summed E-state index contributed by atoms with van der Waals surface area (Å²) in [6, 6.07) is 5.10. The number of likely N-dealkylation sites (tertiary alicyclic amines) is 1. The third-order valence-corrected chi connectivity index (χ3v) is 6.08. The van der Waals surface area contributed by atoms with E-state index in [1.807, 2.05) is 20.8 Å². The summed E-state index contributed by atoms with van der Waals surface area (Å²) in [5.74, 6) is 0.193. The van der Waals surface area contributed by atoms with Crippen LogP contribution < -0.4 is 10.2 Å². The number of aromatic hydroxyl groups is 1. The van der Waals surface area contributed by atoms with Crippen molar-refractivity contribution < 1.29 is 19.6 Å². The van der Waals surface area contributed by atoms with Gasteiger partial charge in [-0.2, -0.15) is 0 Å². The predicted molar refractivity (Wildman–Crippen MR) is 119 cm³/mol. The number of phenols is 1. The number of carbonyl (C=O) groups excluding carboxylic acids is 1. The van der Waals surface area contributed by atoms with Crippen LogP contribution in [-0.4, -0.2) is 65.4 Å². The van der Waals surface area contributed by atoms with Crippen molar-refractivity contribution in [1.82, 2.24) is 10.2 Å². The second-order valence-electron chi connectivity index (χ2n) is 9.51. The summed E-state index contributed by atoms with van der Waals surface area (Å²) in [5.41, 5.74) is 0.0892. The molecule has 3 rings (SSSR count). The van der Waals surface area contributed by atoms with E-state index in [2.05, 4.69) is 15.1 Å². The Kier molecular flexibility index (Phi) is 7.25. The number of ether oxygens (including phenoxy) is 1. The van der Waals surface area contributed by atoms with Crippen LogP contribution in [0.25, 0.3) is 0 Å². The fourth-order valence-electron chi connectivity index (χ4n) is 4.42. The number of carbonyl (C=O) groups is 1. The number of amides is 1. The number of hydrogen-bond acceptors (Lipinski definition) is 7. The Morgan fingerprint density at radius 1 is 1.19 bits per heavy atom. The van der Waals surface area contributed by atoms with Crippen LogP contribution in [0.15, 0.2) is 18.2 Å². The molecule has 2 aliphatic rings. The molecule has 9 nitrogen and oxygen atoms in total. The quantitative estimate of drug-likeness (QED) is 0.539. The molecule has 172 valence electrons. The zero-order valence-electron chi connectivity index (χ0n) is 18.7. The molecule has 2 aliphatic heterocycles. The van der Waals surface area contributed by atoms with Gasteiger partial charge in [-0.3, -0.25) is 10.1 Å². The first-order valence-corrected chi connectivity index (χ1v) is 11.1. The molecule has 2 saturated heterocycles. The number of piperidine rings is 2. The smallest absolute Gasteiger partial charge is 0.407 e. The zero-order chi connectivity index (χ0) is 22.6. The van der Waals surface area contributed by atoms with Gasteiger partial charge in [-0.25, -0.2) is 4.79 Å². The lowest BCUT2D eigenvalue weighted by Crippen LogP contribution is -2.48. The highest BCUT2D eigenvalue weighted by molar-refractivity contribution is 5.67. The van der Waals surface area contributed by atoms with Crippen molar-refractivity contribution in [1.29, 1.82) is 0 Å². The van der Waals surface area contributed by atoms with Crippen molar-refractivity contribution in [2.75, 3.05) is 37.6 Å². The first kappa shape index (κ1) is 23.1. The van der Waals surface area contributed by atoms with Crippen molar-refractivity contribution in [2.45, 2.75) is 58.1 Å². The maximum Gasteiger partial charge on any atom is 0.407 e. The standard InChI is InChI=1S/C22H34N4O5/c1-22(2,3)31-21(28)23-15-16-6-10-24(11-7-16)17-8-12-25(13-9-17)18-4-5-19(26(29)30)20(27)14-18/h4-5,14,16-17,27H,6-13,15H2,1-3H3,(H,23,28). The topological polar surface area (TPSA) is 108 Å². The highest BCUT2D eigenvalue weighted by Gasteiger charge is 2.29. The van der Waals surface area contributed by atoms with E-state index in [1.165, 1.54) is 12.1 Å². The van der Waals surface area contributed by atoms with Gasteiger partial charge in [0, 0.05) is 43.5 Å². The summed E-state index contributed by atoms with van der Waals surface area (Å²) in [4.78, 5) is 26.9. The summed E-state index contributed by atoms with van der Waals surface area (Å²) in [6.45, 7) is 10.0. The maximum atomic E-state index is 11.8. The summed E-state index contributed by atoms with van der Waals surface area (Å²) in [7, 11) is 0. The van der Waals surface area contributed by atoms with Gasteiger partial charge in [-0.15, -0.1) is 0 Å². The van der Waals surface area contributed by atoms with E-state index in [4.69, 9.17) is 4.74 Å². The predicted octanol–water partition coefficient (Wildman–Crippen LogP) is 3.51. The van der Waals surface area contributed by atoms with Crippen LogP contribution >= 0.6 is 0 Å². The Morgan fingerprint density at radius 2 is 1.84 bits per heavy atom. The average molecular weight is 435 g/mol. The van der Waals surface area contributed by atoms with Gasteiger partial charge in [-0.05, 0) is 71.5 Å². The zero-order valence-corrected chi connectivity index (χ0v) is 18.7. The molecule has 0 atom stereocenters. The van der Waals surface area contributed by atoms with Gasteiger partial charge in [0.05, 0.1) is 4.92 Å². The summed E-state index contributed by atoms with van der Waals surface area (Å²) >= 11 is 0. The second kappa shape index (κ2) is 9.72. The Bertz CT molecular complexity index is 779. The molecule has 2 heterocycles. The van der Waals surface area contributed by atoms with Crippen LogP contribution in [0.3, 0.4) is 0 Å². The number of alkyl carbamates (subject to hydrolysis) is 1. The van der Waals surface area contributed by atoms with Gasteiger partial charge >= 0.3 is 11.8 Å². The lowest BCUT2D eigenvalue weighted by molar-refractivity contribution is -0.385. The molecule has 2 N–H and O–H groups in total. The number of benzene rings is 1. The molecule has 0 aromatic heterocycles. The van der Waals surface area contributed by atoms with Gasteiger partial charge < -0.3 is 25.0 Å². The van der Waals surface area contributed by atoms with Crippen molar-refractivity contribution >= 4 is 17.5 Å². The minimum absolute atomic E-state index is 0.261. The van der Waals surface area contributed by atoms with Crippen molar-refractivity contribution in [3.05, 3.63) is 28.3 Å². The first-order valence-electron chi connectivity index (χ1n) is 11.1. The van der Waals surface area contributed by atoms with E-state index < -0.39 is 10.5 Å². The minimum atomic E-state index is -0.571. The molecule has 1 amide bonds. The summed E-state index contributed by atoms with van der Waals surface area (Å²) in [5, 5.41) is 23.7. The molecule has 31 heavy (non-hydrogen) atoms. The number of nitro groups is 1. The minimum Gasteiger partial charge on any atom is -0.502 e. The lowest BCUT2D eigenvalue weighted by atomic mass is 9.93. The number of anilines is 1. The van der Waals surface area contributed by atoms with E-state index in [0.717, 1.165) is 57.5 Å². The SMILES string of the molecule is CC(C)(C)OC(=O)NCC1CCN(C2CCN(c3ccc([N+](=O)[O-])c(O)c3)CC2)CC1. The van der Waals surface area contributed by atoms with Crippen LogP contribution in [0.5, 0.6) is 5.75 Å². The Labute approximate surface area is 183 Å². The number of nitro benzene ring substituents is 1. The van der Waals surface area contributed by atoms with E-state index >= 15 is 0 Å². The van der Waals surface area contributed by atoms with Crippen LogP contribution in [0.1, 0.15) is 46.5 Å². The highest BCUT2D eigenvalue weighted by Crippen LogP contribution is 2.32. The molecule has 0 spiro atoms. The number of hydrogen-bond donors (Lipinski definition) is 2. The van der Waals surface area contributed by atoms with Crippen LogP contribution in [0.2, 0.25) is 0 Å². The molecular weight excluding hydrogens is 400 g/mol. The van der Waals surface area contributed by atoms with Crippen molar-refractivity contribution in [2.24, 2.45) is 5.92 Å². The van der Waals surface area contributed by atoms with Crippen LogP contribution in [-0.2, 0) is 4.74 Å². The van der Waals surface area contributed by atoms with Crippen molar-refractivity contribution in [3.63, 3.8) is 0 Å². The molecular formula is C22H34N4O5. The number of phenolic OH excluding ortho intramolecular Hbond substituents is 1. The van der Waals surface area contributed by atoms with Gasteiger partial charge in [0.15, 0.2) is 5.75 Å². The van der Waals surface area contributed by atoms with E-state index in [0.29, 0.717) is 18.5 Å². The molecule has 1 aromatic carbocycles.